The van der Waals surface area contributed by atoms with Crippen molar-refractivity contribution in [3.63, 3.8) is 0 Å². The summed E-state index contributed by atoms with van der Waals surface area (Å²) in [7, 11) is 0. The number of aliphatic hydroxyl groups excluding tert-OH is 1. The van der Waals surface area contributed by atoms with Crippen molar-refractivity contribution in [1.82, 2.24) is 15.1 Å². The van der Waals surface area contributed by atoms with Gasteiger partial charge in [0.05, 0.1) is 17.3 Å². The SMILES string of the molecule is CCNC(C)(CO)CCCCn1cc(Cl)c(C)n1. The van der Waals surface area contributed by atoms with Crippen LogP contribution in [0, 0.1) is 6.92 Å². The molecule has 1 unspecified atom stereocenters. The van der Waals surface area contributed by atoms with Crippen LogP contribution in [-0.2, 0) is 6.54 Å². The first-order valence-corrected chi connectivity index (χ1v) is 6.94. The monoisotopic (exact) mass is 273 g/mol. The van der Waals surface area contributed by atoms with Gasteiger partial charge in [-0.05, 0) is 39.7 Å². The molecule has 1 aromatic rings. The average Bonchev–Trinajstić information content (AvgIpc) is 2.65. The van der Waals surface area contributed by atoms with Crippen LogP contribution >= 0.6 is 11.6 Å². The van der Waals surface area contributed by atoms with E-state index in [2.05, 4.69) is 24.3 Å². The Kier molecular flexibility index (Phi) is 6.12. The van der Waals surface area contributed by atoms with Crippen LogP contribution in [-0.4, -0.2) is 33.6 Å². The first-order chi connectivity index (χ1) is 8.50. The van der Waals surface area contributed by atoms with Crippen molar-refractivity contribution in [2.45, 2.75) is 52.1 Å². The summed E-state index contributed by atoms with van der Waals surface area (Å²) >= 11 is 5.95. The van der Waals surface area contributed by atoms with E-state index >= 15 is 0 Å². The summed E-state index contributed by atoms with van der Waals surface area (Å²) in [6.07, 6.45) is 4.93. The largest absolute Gasteiger partial charge is 0.394 e. The van der Waals surface area contributed by atoms with Gasteiger partial charge in [-0.25, -0.2) is 0 Å². The molecule has 0 spiro atoms. The van der Waals surface area contributed by atoms with Gasteiger partial charge in [0.15, 0.2) is 0 Å². The second kappa shape index (κ2) is 7.12. The number of nitrogens with zero attached hydrogens (tertiary/aromatic N) is 2. The van der Waals surface area contributed by atoms with Crippen molar-refractivity contribution >= 4 is 11.6 Å². The standard InChI is InChI=1S/C13H24ClN3O/c1-4-15-13(3,10-18)7-5-6-8-17-9-12(14)11(2)16-17/h9,15,18H,4-8,10H2,1-3H3. The molecule has 5 heteroatoms. The molecule has 1 aromatic heterocycles. The molecule has 0 aliphatic heterocycles. The van der Waals surface area contributed by atoms with Crippen molar-refractivity contribution < 1.29 is 5.11 Å². The Hall–Kier alpha value is -0.580. The molecule has 0 radical (unpaired) electrons. The minimum Gasteiger partial charge on any atom is -0.394 e. The van der Waals surface area contributed by atoms with Gasteiger partial charge in [0.25, 0.3) is 0 Å². The van der Waals surface area contributed by atoms with E-state index in [4.69, 9.17) is 11.6 Å². The highest BCUT2D eigenvalue weighted by Gasteiger charge is 2.20. The van der Waals surface area contributed by atoms with Gasteiger partial charge in [0.1, 0.15) is 0 Å². The lowest BCUT2D eigenvalue weighted by Gasteiger charge is -2.28. The van der Waals surface area contributed by atoms with E-state index in [0.717, 1.165) is 43.1 Å². The second-order valence-corrected chi connectivity index (χ2v) is 5.44. The summed E-state index contributed by atoms with van der Waals surface area (Å²) in [6, 6.07) is 0. The van der Waals surface area contributed by atoms with Crippen molar-refractivity contribution in [3.8, 4) is 0 Å². The summed E-state index contributed by atoms with van der Waals surface area (Å²) in [5.74, 6) is 0. The Labute approximate surface area is 114 Å². The molecule has 0 aromatic carbocycles. The first kappa shape index (κ1) is 15.5. The number of nitrogens with one attached hydrogen (secondary N) is 1. The summed E-state index contributed by atoms with van der Waals surface area (Å²) < 4.78 is 1.89. The normalized spacial score (nSPS) is 14.7. The predicted molar refractivity (Wildman–Crippen MR) is 75.0 cm³/mol. The molecule has 1 heterocycles. The lowest BCUT2D eigenvalue weighted by molar-refractivity contribution is 0.164. The Morgan fingerprint density at radius 2 is 2.22 bits per heavy atom. The quantitative estimate of drug-likeness (QED) is 0.715. The fourth-order valence-electron chi connectivity index (χ4n) is 2.05. The highest BCUT2D eigenvalue weighted by molar-refractivity contribution is 6.31. The summed E-state index contributed by atoms with van der Waals surface area (Å²) in [6.45, 7) is 7.96. The average molecular weight is 274 g/mol. The smallest absolute Gasteiger partial charge is 0.0814 e. The van der Waals surface area contributed by atoms with E-state index in [1.807, 2.05) is 17.8 Å². The number of aryl methyl sites for hydroxylation is 2. The number of hydrogen-bond acceptors (Lipinski definition) is 3. The molecule has 0 saturated carbocycles. The van der Waals surface area contributed by atoms with E-state index in [-0.39, 0.29) is 12.1 Å². The van der Waals surface area contributed by atoms with Gasteiger partial charge in [-0.1, -0.05) is 18.5 Å². The van der Waals surface area contributed by atoms with E-state index in [1.165, 1.54) is 0 Å². The molecule has 0 fully saturated rings. The van der Waals surface area contributed by atoms with Crippen molar-refractivity contribution in [2.24, 2.45) is 0 Å². The molecule has 4 nitrogen and oxygen atoms in total. The maximum Gasteiger partial charge on any atom is 0.0814 e. The number of halogens is 1. The third-order valence-electron chi connectivity index (χ3n) is 3.20. The third-order valence-corrected chi connectivity index (χ3v) is 3.58. The summed E-state index contributed by atoms with van der Waals surface area (Å²) in [5, 5.41) is 17.7. The molecule has 18 heavy (non-hydrogen) atoms. The van der Waals surface area contributed by atoms with Crippen LogP contribution in [0.15, 0.2) is 6.20 Å². The molecule has 0 aliphatic rings. The Morgan fingerprint density at radius 3 is 2.72 bits per heavy atom. The van der Waals surface area contributed by atoms with E-state index in [1.54, 1.807) is 0 Å². The topological polar surface area (TPSA) is 50.1 Å². The zero-order chi connectivity index (χ0) is 13.6. The van der Waals surface area contributed by atoms with Crippen LogP contribution in [0.25, 0.3) is 0 Å². The van der Waals surface area contributed by atoms with Crippen LogP contribution < -0.4 is 5.32 Å². The fourth-order valence-corrected chi connectivity index (χ4v) is 2.20. The molecule has 0 bridgehead atoms. The molecule has 0 aliphatic carbocycles. The number of hydrogen-bond donors (Lipinski definition) is 2. The highest BCUT2D eigenvalue weighted by atomic mass is 35.5. The molecule has 104 valence electrons. The number of unbranched alkanes of at least 4 members (excludes halogenated alkanes) is 1. The van der Waals surface area contributed by atoms with Gasteiger partial charge in [-0.3, -0.25) is 4.68 Å². The van der Waals surface area contributed by atoms with E-state index < -0.39 is 0 Å². The number of aromatic nitrogens is 2. The maximum absolute atomic E-state index is 9.37. The van der Waals surface area contributed by atoms with E-state index in [0.29, 0.717) is 0 Å². The number of aliphatic hydroxyl groups is 1. The lowest BCUT2D eigenvalue weighted by atomic mass is 9.96. The van der Waals surface area contributed by atoms with E-state index in [9.17, 15) is 5.11 Å². The van der Waals surface area contributed by atoms with Gasteiger partial charge >= 0.3 is 0 Å². The molecule has 0 amide bonds. The first-order valence-electron chi connectivity index (χ1n) is 6.56. The van der Waals surface area contributed by atoms with Gasteiger partial charge in [-0.2, -0.15) is 5.10 Å². The zero-order valence-corrected chi connectivity index (χ0v) is 12.3. The summed E-state index contributed by atoms with van der Waals surface area (Å²) in [4.78, 5) is 0. The third kappa shape index (κ3) is 4.59. The van der Waals surface area contributed by atoms with Gasteiger partial charge < -0.3 is 10.4 Å². The fraction of sp³-hybridized carbons (Fsp3) is 0.769. The second-order valence-electron chi connectivity index (χ2n) is 5.03. The molecule has 1 rings (SSSR count). The van der Waals surface area contributed by atoms with Gasteiger partial charge in [0, 0.05) is 18.3 Å². The van der Waals surface area contributed by atoms with Crippen LogP contribution in [0.4, 0.5) is 0 Å². The van der Waals surface area contributed by atoms with Crippen LogP contribution in [0.2, 0.25) is 5.02 Å². The maximum atomic E-state index is 9.37. The molecule has 2 N–H and O–H groups in total. The highest BCUT2D eigenvalue weighted by Crippen LogP contribution is 2.15. The minimum absolute atomic E-state index is 0.160. The molecule has 1 atom stereocenters. The molecular weight excluding hydrogens is 250 g/mol. The van der Waals surface area contributed by atoms with Gasteiger partial charge in [0.2, 0.25) is 0 Å². The van der Waals surface area contributed by atoms with Crippen molar-refractivity contribution in [2.75, 3.05) is 13.2 Å². The Morgan fingerprint density at radius 1 is 1.50 bits per heavy atom. The van der Waals surface area contributed by atoms with Crippen LogP contribution in [0.3, 0.4) is 0 Å². The van der Waals surface area contributed by atoms with Crippen LogP contribution in [0.5, 0.6) is 0 Å². The number of likely N-dealkylation sites (N-methyl/N-ethyl adjacent to an activating group) is 1. The molecular formula is C13H24ClN3O. The zero-order valence-electron chi connectivity index (χ0n) is 11.5. The van der Waals surface area contributed by atoms with Crippen LogP contribution in [0.1, 0.15) is 38.8 Å². The Bertz CT molecular complexity index is 348. The Balaban J connectivity index is 2.29. The molecule has 0 saturated heterocycles. The summed E-state index contributed by atoms with van der Waals surface area (Å²) in [5.41, 5.74) is 0.719. The van der Waals surface area contributed by atoms with Gasteiger partial charge in [-0.15, -0.1) is 0 Å². The van der Waals surface area contributed by atoms with Crippen molar-refractivity contribution in [1.29, 1.82) is 0 Å². The predicted octanol–water partition coefficient (Wildman–Crippen LogP) is 2.38. The minimum atomic E-state index is -0.160. The number of rotatable bonds is 8. The lowest BCUT2D eigenvalue weighted by Crippen LogP contribution is -2.45. The van der Waals surface area contributed by atoms with Crippen molar-refractivity contribution in [3.05, 3.63) is 16.9 Å².